The quantitative estimate of drug-likeness (QED) is 0.412. The van der Waals surface area contributed by atoms with Gasteiger partial charge in [-0.2, -0.15) is 0 Å². The fourth-order valence-electron chi connectivity index (χ4n) is 4.61. The third kappa shape index (κ3) is 3.39. The number of imide groups is 1. The van der Waals surface area contributed by atoms with Crippen molar-refractivity contribution in [2.75, 3.05) is 4.90 Å². The van der Waals surface area contributed by atoms with Crippen molar-refractivity contribution in [2.24, 2.45) is 16.7 Å². The van der Waals surface area contributed by atoms with Gasteiger partial charge in [0.1, 0.15) is 6.04 Å². The Kier molecular flexibility index (Phi) is 5.33. The fourth-order valence-corrected chi connectivity index (χ4v) is 5.67. The summed E-state index contributed by atoms with van der Waals surface area (Å²) < 4.78 is 1.03. The van der Waals surface area contributed by atoms with Crippen LogP contribution in [0.2, 0.25) is 0 Å². The van der Waals surface area contributed by atoms with E-state index in [1.54, 1.807) is 28.4 Å². The minimum absolute atomic E-state index is 0.0233. The summed E-state index contributed by atoms with van der Waals surface area (Å²) in [6, 6.07) is 10.4. The molecule has 0 N–H and O–H groups in total. The number of halogens is 1. The molecule has 2 heterocycles. The van der Waals surface area contributed by atoms with Gasteiger partial charge in [0.05, 0.1) is 18.7 Å². The number of hydrogen-bond donors (Lipinski definition) is 0. The summed E-state index contributed by atoms with van der Waals surface area (Å²) >= 11 is 3.74. The van der Waals surface area contributed by atoms with E-state index in [9.17, 15) is 14.4 Å². The number of rotatable bonds is 5. The molecule has 1 aliphatic heterocycles. The Morgan fingerprint density at radius 3 is 2.30 bits per heavy atom. The number of anilines is 1. The molecular formula is C23H25IN2O3S. The van der Waals surface area contributed by atoms with E-state index in [4.69, 9.17) is 0 Å². The maximum atomic E-state index is 13.6. The summed E-state index contributed by atoms with van der Waals surface area (Å²) in [4.78, 5) is 43.7. The highest BCUT2D eigenvalue weighted by Gasteiger charge is 2.69. The fraction of sp³-hybridized carbons (Fsp3) is 0.435. The van der Waals surface area contributed by atoms with Crippen LogP contribution in [0, 0.1) is 20.3 Å². The van der Waals surface area contributed by atoms with Crippen molar-refractivity contribution in [3.8, 4) is 0 Å². The molecule has 0 bridgehead atoms. The summed E-state index contributed by atoms with van der Waals surface area (Å²) in [5.74, 6) is -0.777. The number of thiophene rings is 1. The molecule has 1 saturated carbocycles. The standard InChI is InChI=1S/C23H25IN2O3S/c1-22(2)19(23(22,3)4)21(29)25(13-16-6-5-11-30-16)17-12-18(27)26(20(17)28)15-9-7-14(24)8-10-15/h5-11,17,19H,12-13H2,1-4H3. The van der Waals surface area contributed by atoms with Crippen molar-refractivity contribution in [1.29, 1.82) is 0 Å². The number of benzene rings is 1. The number of nitrogens with zero attached hydrogens (tertiary/aromatic N) is 2. The highest BCUT2D eigenvalue weighted by Crippen LogP contribution is 2.69. The zero-order valence-electron chi connectivity index (χ0n) is 17.5. The lowest BCUT2D eigenvalue weighted by Gasteiger charge is -2.28. The van der Waals surface area contributed by atoms with E-state index in [0.29, 0.717) is 12.2 Å². The minimum Gasteiger partial charge on any atom is -0.325 e. The van der Waals surface area contributed by atoms with E-state index in [2.05, 4.69) is 50.3 Å². The lowest BCUT2D eigenvalue weighted by Crippen LogP contribution is -2.46. The van der Waals surface area contributed by atoms with E-state index in [0.717, 1.165) is 8.45 Å². The average molecular weight is 536 g/mol. The monoisotopic (exact) mass is 536 g/mol. The van der Waals surface area contributed by atoms with Crippen LogP contribution in [-0.4, -0.2) is 28.7 Å². The molecule has 3 amide bonds. The Labute approximate surface area is 194 Å². The van der Waals surface area contributed by atoms with E-state index in [1.165, 1.54) is 4.90 Å². The SMILES string of the molecule is CC1(C)C(C(=O)N(Cc2cccs2)C2CC(=O)N(c3ccc(I)cc3)C2=O)C1(C)C. The second-order valence-electron chi connectivity index (χ2n) is 9.19. The second-order valence-corrected chi connectivity index (χ2v) is 11.5. The maximum Gasteiger partial charge on any atom is 0.257 e. The molecule has 1 saturated heterocycles. The van der Waals surface area contributed by atoms with Crippen LogP contribution in [0.3, 0.4) is 0 Å². The van der Waals surface area contributed by atoms with Gasteiger partial charge in [0.25, 0.3) is 5.91 Å². The molecule has 7 heteroatoms. The smallest absolute Gasteiger partial charge is 0.257 e. The Balaban J connectivity index is 1.65. The molecule has 5 nitrogen and oxygen atoms in total. The van der Waals surface area contributed by atoms with Crippen LogP contribution in [-0.2, 0) is 20.9 Å². The van der Waals surface area contributed by atoms with Crippen LogP contribution < -0.4 is 4.90 Å². The van der Waals surface area contributed by atoms with Gasteiger partial charge in [0, 0.05) is 14.4 Å². The number of amides is 3. The molecule has 30 heavy (non-hydrogen) atoms. The molecule has 1 atom stereocenters. The van der Waals surface area contributed by atoms with E-state index in [1.807, 2.05) is 29.6 Å². The zero-order chi connectivity index (χ0) is 21.8. The van der Waals surface area contributed by atoms with Crippen LogP contribution in [0.15, 0.2) is 41.8 Å². The van der Waals surface area contributed by atoms with E-state index >= 15 is 0 Å². The predicted molar refractivity (Wildman–Crippen MR) is 126 cm³/mol. The molecule has 2 aromatic rings. The van der Waals surface area contributed by atoms with Gasteiger partial charge in [0.15, 0.2) is 0 Å². The zero-order valence-corrected chi connectivity index (χ0v) is 20.5. The Bertz CT molecular complexity index is 984. The van der Waals surface area contributed by atoms with Crippen molar-refractivity contribution in [2.45, 2.75) is 46.7 Å². The van der Waals surface area contributed by atoms with Crippen LogP contribution >= 0.6 is 33.9 Å². The first kappa shape index (κ1) is 21.5. The van der Waals surface area contributed by atoms with Crippen LogP contribution in [0.5, 0.6) is 0 Å². The number of hydrogen-bond acceptors (Lipinski definition) is 4. The molecule has 1 aromatic heterocycles. The van der Waals surface area contributed by atoms with Gasteiger partial charge in [-0.25, -0.2) is 4.90 Å². The van der Waals surface area contributed by atoms with Gasteiger partial charge in [0.2, 0.25) is 11.8 Å². The highest BCUT2D eigenvalue weighted by molar-refractivity contribution is 14.1. The lowest BCUT2D eigenvalue weighted by molar-refractivity contribution is -0.141. The third-order valence-corrected chi connectivity index (χ3v) is 8.62. The Morgan fingerprint density at radius 2 is 1.77 bits per heavy atom. The topological polar surface area (TPSA) is 57.7 Å². The van der Waals surface area contributed by atoms with Gasteiger partial charge < -0.3 is 4.90 Å². The summed E-state index contributed by atoms with van der Waals surface area (Å²) in [6.07, 6.45) is 0.0233. The maximum absolute atomic E-state index is 13.6. The summed E-state index contributed by atoms with van der Waals surface area (Å²) in [6.45, 7) is 8.73. The van der Waals surface area contributed by atoms with Gasteiger partial charge in [-0.1, -0.05) is 33.8 Å². The van der Waals surface area contributed by atoms with Crippen molar-refractivity contribution in [3.63, 3.8) is 0 Å². The number of carbonyl (C=O) groups excluding carboxylic acids is 3. The van der Waals surface area contributed by atoms with Crippen molar-refractivity contribution in [3.05, 3.63) is 50.2 Å². The van der Waals surface area contributed by atoms with Crippen LogP contribution in [0.4, 0.5) is 5.69 Å². The average Bonchev–Trinajstić information content (AvgIpc) is 3.10. The molecule has 1 unspecified atom stereocenters. The van der Waals surface area contributed by atoms with Gasteiger partial charge >= 0.3 is 0 Å². The van der Waals surface area contributed by atoms with Crippen LogP contribution in [0.1, 0.15) is 39.0 Å². The Hall–Kier alpha value is -1.74. The Morgan fingerprint density at radius 1 is 1.13 bits per heavy atom. The summed E-state index contributed by atoms with van der Waals surface area (Å²) in [5.41, 5.74) is 0.280. The largest absolute Gasteiger partial charge is 0.325 e. The highest BCUT2D eigenvalue weighted by atomic mass is 127. The molecule has 1 aromatic carbocycles. The van der Waals surface area contributed by atoms with Crippen molar-refractivity contribution in [1.82, 2.24) is 4.90 Å². The van der Waals surface area contributed by atoms with Gasteiger partial charge in [-0.3, -0.25) is 14.4 Å². The summed E-state index contributed by atoms with van der Waals surface area (Å²) in [7, 11) is 0. The molecule has 0 spiro atoms. The first-order valence-electron chi connectivity index (χ1n) is 10.0. The first-order chi connectivity index (χ1) is 14.1. The first-order valence-corrected chi connectivity index (χ1v) is 12.0. The lowest BCUT2D eigenvalue weighted by atomic mass is 10.0. The number of carbonyl (C=O) groups is 3. The molecule has 4 rings (SSSR count). The van der Waals surface area contributed by atoms with E-state index < -0.39 is 6.04 Å². The molecule has 2 fully saturated rings. The molecule has 0 radical (unpaired) electrons. The second kappa shape index (κ2) is 7.44. The normalized spacial score (nSPS) is 22.4. The molecule has 158 valence electrons. The van der Waals surface area contributed by atoms with Crippen molar-refractivity contribution < 1.29 is 14.4 Å². The van der Waals surface area contributed by atoms with Gasteiger partial charge in [-0.05, 0) is 69.1 Å². The minimum atomic E-state index is -0.765. The molecular weight excluding hydrogens is 511 g/mol. The van der Waals surface area contributed by atoms with E-state index in [-0.39, 0.29) is 40.9 Å². The third-order valence-electron chi connectivity index (χ3n) is 7.04. The van der Waals surface area contributed by atoms with Gasteiger partial charge in [-0.15, -0.1) is 11.3 Å². The summed E-state index contributed by atoms with van der Waals surface area (Å²) in [5, 5.41) is 1.96. The molecule has 2 aliphatic rings. The predicted octanol–water partition coefficient (Wildman–Crippen LogP) is 4.70. The molecule has 1 aliphatic carbocycles. The van der Waals surface area contributed by atoms with Crippen LogP contribution in [0.25, 0.3) is 0 Å². The van der Waals surface area contributed by atoms with Crippen molar-refractivity contribution >= 4 is 57.3 Å².